The van der Waals surface area contributed by atoms with E-state index < -0.39 is 11.7 Å². The van der Waals surface area contributed by atoms with E-state index in [1.165, 1.54) is 0 Å². The molecule has 1 aliphatic heterocycles. The Hall–Kier alpha value is -1.64. The van der Waals surface area contributed by atoms with Crippen LogP contribution < -0.4 is 10.1 Å². The van der Waals surface area contributed by atoms with E-state index >= 15 is 0 Å². The SMILES string of the molecule is CNC(=S)[C@@H]1c2cc(C#N)ccc2OC(C)(C)[C@@H]1O. The van der Waals surface area contributed by atoms with Crippen LogP contribution in [0.15, 0.2) is 18.2 Å². The highest BCUT2D eigenvalue weighted by atomic mass is 32.1. The van der Waals surface area contributed by atoms with E-state index in [4.69, 9.17) is 22.2 Å². The molecule has 2 rings (SSSR count). The number of likely N-dealkylation sites (N-methyl/N-ethyl adjacent to an activating group) is 1. The minimum atomic E-state index is -0.770. The van der Waals surface area contributed by atoms with Gasteiger partial charge in [-0.05, 0) is 32.0 Å². The number of hydrogen-bond donors (Lipinski definition) is 2. The van der Waals surface area contributed by atoms with Gasteiger partial charge in [0.1, 0.15) is 17.5 Å². The molecule has 100 valence electrons. The second-order valence-electron chi connectivity index (χ2n) is 5.11. The van der Waals surface area contributed by atoms with Gasteiger partial charge in [0, 0.05) is 12.6 Å². The molecular weight excluding hydrogens is 260 g/mol. The van der Waals surface area contributed by atoms with Gasteiger partial charge >= 0.3 is 0 Å². The summed E-state index contributed by atoms with van der Waals surface area (Å²) >= 11 is 5.30. The summed E-state index contributed by atoms with van der Waals surface area (Å²) in [5.74, 6) is 0.295. The van der Waals surface area contributed by atoms with Gasteiger partial charge in [0.15, 0.2) is 0 Å². The van der Waals surface area contributed by atoms with Crippen molar-refractivity contribution in [3.05, 3.63) is 29.3 Å². The van der Waals surface area contributed by atoms with E-state index in [1.807, 2.05) is 13.8 Å². The molecule has 1 aliphatic rings. The third kappa shape index (κ3) is 2.29. The number of rotatable bonds is 1. The molecule has 0 spiro atoms. The van der Waals surface area contributed by atoms with Gasteiger partial charge in [0.05, 0.1) is 22.5 Å². The third-order valence-corrected chi connectivity index (χ3v) is 3.86. The lowest BCUT2D eigenvalue weighted by molar-refractivity contribution is -0.0467. The van der Waals surface area contributed by atoms with Gasteiger partial charge in [-0.3, -0.25) is 0 Å². The highest BCUT2D eigenvalue weighted by Crippen LogP contribution is 2.41. The van der Waals surface area contributed by atoms with E-state index in [0.29, 0.717) is 16.3 Å². The molecule has 0 radical (unpaired) electrons. The van der Waals surface area contributed by atoms with E-state index in [1.54, 1.807) is 25.2 Å². The van der Waals surface area contributed by atoms with Crippen molar-refractivity contribution >= 4 is 17.2 Å². The standard InChI is InChI=1S/C14H16N2O2S/c1-14(2)12(17)11(13(19)16-3)9-6-8(7-15)4-5-10(9)18-14/h4-6,11-12,17H,1-3H3,(H,16,19)/t11-,12-/m1/s1. The molecule has 2 atom stereocenters. The highest BCUT2D eigenvalue weighted by molar-refractivity contribution is 7.80. The smallest absolute Gasteiger partial charge is 0.130 e. The fourth-order valence-electron chi connectivity index (χ4n) is 2.31. The first-order valence-electron chi connectivity index (χ1n) is 6.03. The monoisotopic (exact) mass is 276 g/mol. The lowest BCUT2D eigenvalue weighted by Gasteiger charge is -2.42. The van der Waals surface area contributed by atoms with Crippen LogP contribution in [0.2, 0.25) is 0 Å². The summed E-state index contributed by atoms with van der Waals surface area (Å²) < 4.78 is 5.81. The van der Waals surface area contributed by atoms with Crippen LogP contribution in [0.4, 0.5) is 0 Å². The molecule has 1 heterocycles. The van der Waals surface area contributed by atoms with Gasteiger partial charge in [0.25, 0.3) is 0 Å². The fourth-order valence-corrected chi connectivity index (χ4v) is 2.57. The Morgan fingerprint density at radius 1 is 1.53 bits per heavy atom. The fraction of sp³-hybridized carbons (Fsp3) is 0.429. The van der Waals surface area contributed by atoms with Crippen molar-refractivity contribution in [3.8, 4) is 11.8 Å². The maximum absolute atomic E-state index is 10.5. The van der Waals surface area contributed by atoms with Crippen molar-refractivity contribution in [1.82, 2.24) is 5.32 Å². The number of thiocarbonyl (C=S) groups is 1. The molecule has 0 aromatic heterocycles. The largest absolute Gasteiger partial charge is 0.485 e. The summed E-state index contributed by atoms with van der Waals surface area (Å²) in [7, 11) is 1.73. The van der Waals surface area contributed by atoms with Crippen molar-refractivity contribution < 1.29 is 9.84 Å². The van der Waals surface area contributed by atoms with E-state index in [9.17, 15) is 5.11 Å². The number of hydrogen-bond acceptors (Lipinski definition) is 4. The molecule has 0 amide bonds. The highest BCUT2D eigenvalue weighted by Gasteiger charge is 2.44. The Balaban J connectivity index is 2.59. The van der Waals surface area contributed by atoms with E-state index in [2.05, 4.69) is 11.4 Å². The molecule has 1 aromatic rings. The van der Waals surface area contributed by atoms with Gasteiger partial charge in [-0.2, -0.15) is 5.26 Å². The van der Waals surface area contributed by atoms with Crippen LogP contribution in [0, 0.1) is 11.3 Å². The zero-order valence-corrected chi connectivity index (χ0v) is 11.9. The Labute approximate surface area is 118 Å². The molecule has 1 aromatic carbocycles. The zero-order valence-electron chi connectivity index (χ0n) is 11.1. The quantitative estimate of drug-likeness (QED) is 0.765. The number of nitriles is 1. The number of fused-ring (bicyclic) bond motifs is 1. The molecule has 0 bridgehead atoms. The van der Waals surface area contributed by atoms with Crippen LogP contribution in [0.1, 0.15) is 30.9 Å². The first-order valence-corrected chi connectivity index (χ1v) is 6.44. The summed E-state index contributed by atoms with van der Waals surface area (Å²) in [6.07, 6.45) is -0.770. The average Bonchev–Trinajstić information content (AvgIpc) is 2.38. The number of benzene rings is 1. The summed E-state index contributed by atoms with van der Waals surface area (Å²) in [5, 5.41) is 22.4. The molecule has 0 saturated carbocycles. The van der Waals surface area contributed by atoms with Gasteiger partial charge in [-0.15, -0.1) is 0 Å². The molecule has 0 fully saturated rings. The molecule has 4 nitrogen and oxygen atoms in total. The van der Waals surface area contributed by atoms with Crippen LogP contribution in [-0.4, -0.2) is 28.8 Å². The van der Waals surface area contributed by atoms with Crippen molar-refractivity contribution in [3.63, 3.8) is 0 Å². The first-order chi connectivity index (χ1) is 8.90. The minimum Gasteiger partial charge on any atom is -0.485 e. The van der Waals surface area contributed by atoms with Gasteiger partial charge in [-0.25, -0.2) is 0 Å². The van der Waals surface area contributed by atoms with E-state index in [-0.39, 0.29) is 5.92 Å². The number of nitrogens with zero attached hydrogens (tertiary/aromatic N) is 1. The lowest BCUT2D eigenvalue weighted by Crippen LogP contribution is -2.52. The molecule has 0 unspecified atom stereocenters. The molecule has 0 saturated heterocycles. The summed E-state index contributed by atoms with van der Waals surface area (Å²) in [6, 6.07) is 7.27. The minimum absolute atomic E-state index is 0.368. The summed E-state index contributed by atoms with van der Waals surface area (Å²) in [4.78, 5) is 0.542. The average molecular weight is 276 g/mol. The van der Waals surface area contributed by atoms with Crippen LogP contribution in [-0.2, 0) is 0 Å². The molecular formula is C14H16N2O2S. The van der Waals surface area contributed by atoms with Crippen molar-refractivity contribution in [2.45, 2.75) is 31.5 Å². The van der Waals surface area contributed by atoms with Crippen LogP contribution >= 0.6 is 12.2 Å². The summed E-state index contributed by atoms with van der Waals surface area (Å²) in [5.41, 5.74) is 0.551. The number of aliphatic hydroxyl groups is 1. The van der Waals surface area contributed by atoms with E-state index in [0.717, 1.165) is 5.56 Å². The number of nitrogens with one attached hydrogen (secondary N) is 1. The van der Waals surface area contributed by atoms with Crippen LogP contribution in [0.5, 0.6) is 5.75 Å². The molecule has 0 aliphatic carbocycles. The number of ether oxygens (including phenoxy) is 1. The second-order valence-corrected chi connectivity index (χ2v) is 5.55. The third-order valence-electron chi connectivity index (χ3n) is 3.40. The molecule has 2 N–H and O–H groups in total. The first kappa shape index (κ1) is 13.8. The maximum Gasteiger partial charge on any atom is 0.130 e. The number of aliphatic hydroxyl groups excluding tert-OH is 1. The van der Waals surface area contributed by atoms with Gasteiger partial charge in [0.2, 0.25) is 0 Å². The predicted molar refractivity (Wildman–Crippen MR) is 76.3 cm³/mol. The lowest BCUT2D eigenvalue weighted by atomic mass is 9.81. The van der Waals surface area contributed by atoms with Crippen molar-refractivity contribution in [2.24, 2.45) is 0 Å². The Morgan fingerprint density at radius 2 is 2.21 bits per heavy atom. The molecule has 5 heteroatoms. The van der Waals surface area contributed by atoms with Crippen LogP contribution in [0.3, 0.4) is 0 Å². The maximum atomic E-state index is 10.5. The van der Waals surface area contributed by atoms with Crippen molar-refractivity contribution in [1.29, 1.82) is 5.26 Å². The Kier molecular flexibility index (Phi) is 3.48. The second kappa shape index (κ2) is 4.80. The van der Waals surface area contributed by atoms with Gasteiger partial charge in [-0.1, -0.05) is 12.2 Å². The van der Waals surface area contributed by atoms with Gasteiger partial charge < -0.3 is 15.2 Å². The Bertz CT molecular complexity index is 563. The topological polar surface area (TPSA) is 65.3 Å². The normalized spacial score (nSPS) is 23.7. The van der Waals surface area contributed by atoms with Crippen LogP contribution in [0.25, 0.3) is 0 Å². The van der Waals surface area contributed by atoms with Crippen molar-refractivity contribution in [2.75, 3.05) is 7.05 Å². The predicted octanol–water partition coefficient (Wildman–Crippen LogP) is 1.72. The zero-order chi connectivity index (χ0) is 14.2. The molecule has 19 heavy (non-hydrogen) atoms. The summed E-state index contributed by atoms with van der Waals surface area (Å²) in [6.45, 7) is 3.65. The Morgan fingerprint density at radius 3 is 2.79 bits per heavy atom.